The summed E-state index contributed by atoms with van der Waals surface area (Å²) in [6.07, 6.45) is 1.76. The number of carbonyl (C=O) groups excluding carboxylic acids is 3. The summed E-state index contributed by atoms with van der Waals surface area (Å²) in [4.78, 5) is 38.9. The third-order valence-electron chi connectivity index (χ3n) is 5.43. The van der Waals surface area contributed by atoms with Crippen molar-refractivity contribution in [2.24, 2.45) is 0 Å². The summed E-state index contributed by atoms with van der Waals surface area (Å²) in [5.74, 6) is -0.166. The first-order valence-corrected chi connectivity index (χ1v) is 9.40. The van der Waals surface area contributed by atoms with E-state index in [2.05, 4.69) is 5.32 Å². The van der Waals surface area contributed by atoms with Crippen LogP contribution in [0.3, 0.4) is 0 Å². The maximum absolute atomic E-state index is 13.4. The third-order valence-corrected chi connectivity index (χ3v) is 5.43. The van der Waals surface area contributed by atoms with E-state index in [4.69, 9.17) is 4.74 Å². The number of carbonyl (C=O) groups is 3. The van der Waals surface area contributed by atoms with Gasteiger partial charge in [0.15, 0.2) is 0 Å². The lowest BCUT2D eigenvalue weighted by atomic mass is 10.1. The molecule has 2 aromatic rings. The first kappa shape index (κ1) is 18.3. The Morgan fingerprint density at radius 3 is 2.57 bits per heavy atom. The van der Waals surface area contributed by atoms with Crippen molar-refractivity contribution in [1.82, 2.24) is 14.8 Å². The molecule has 1 aromatic carbocycles. The highest BCUT2D eigenvalue weighted by Crippen LogP contribution is 2.34. The number of ether oxygens (including phenoxy) is 1. The minimum absolute atomic E-state index is 0.0222. The van der Waals surface area contributed by atoms with Crippen molar-refractivity contribution in [2.45, 2.75) is 45.2 Å². The fourth-order valence-electron chi connectivity index (χ4n) is 3.94. The van der Waals surface area contributed by atoms with Gasteiger partial charge in [-0.2, -0.15) is 0 Å². The summed E-state index contributed by atoms with van der Waals surface area (Å²) >= 11 is 0. The van der Waals surface area contributed by atoms with Gasteiger partial charge in [-0.15, -0.1) is 0 Å². The molecule has 1 N–H and O–H groups in total. The average molecular weight is 381 g/mol. The lowest BCUT2D eigenvalue weighted by Gasteiger charge is -2.26. The molecule has 1 unspecified atom stereocenters. The number of hydrogen-bond donors (Lipinski definition) is 1. The molecule has 1 saturated heterocycles. The van der Waals surface area contributed by atoms with E-state index in [1.54, 1.807) is 12.0 Å². The van der Waals surface area contributed by atoms with E-state index in [9.17, 15) is 14.4 Å². The van der Waals surface area contributed by atoms with Crippen LogP contribution < -0.4 is 10.1 Å². The van der Waals surface area contributed by atoms with E-state index in [0.717, 1.165) is 35.7 Å². The maximum Gasteiger partial charge on any atom is 0.256 e. The molecule has 2 fully saturated rings. The molecule has 1 atom stereocenters. The Labute approximate surface area is 163 Å². The highest BCUT2D eigenvalue weighted by molar-refractivity contribution is 6.08. The van der Waals surface area contributed by atoms with Gasteiger partial charge in [0.25, 0.3) is 5.91 Å². The van der Waals surface area contributed by atoms with Crippen LogP contribution in [0.1, 0.15) is 41.0 Å². The largest absolute Gasteiger partial charge is 0.497 e. The minimum atomic E-state index is -0.715. The molecule has 4 rings (SSSR count). The molecular formula is C21H23N3O4. The molecule has 7 nitrogen and oxygen atoms in total. The number of nitrogens with one attached hydrogen (secondary N) is 1. The molecule has 0 bridgehead atoms. The number of imide groups is 1. The lowest BCUT2D eigenvalue weighted by molar-refractivity contribution is -0.126. The van der Waals surface area contributed by atoms with Crippen LogP contribution in [0.5, 0.6) is 5.75 Å². The number of rotatable bonds is 5. The van der Waals surface area contributed by atoms with E-state index >= 15 is 0 Å². The van der Waals surface area contributed by atoms with E-state index in [-0.39, 0.29) is 30.2 Å². The predicted molar refractivity (Wildman–Crippen MR) is 103 cm³/mol. The van der Waals surface area contributed by atoms with Crippen LogP contribution in [-0.2, 0) is 9.59 Å². The third kappa shape index (κ3) is 3.06. The molecule has 1 aliphatic carbocycles. The van der Waals surface area contributed by atoms with Gasteiger partial charge in [0, 0.05) is 29.2 Å². The summed E-state index contributed by atoms with van der Waals surface area (Å²) in [5, 5.41) is 2.32. The number of aromatic nitrogens is 1. The molecule has 0 radical (unpaired) electrons. The topological polar surface area (TPSA) is 80.6 Å². The van der Waals surface area contributed by atoms with Crippen molar-refractivity contribution in [3.05, 3.63) is 47.3 Å². The van der Waals surface area contributed by atoms with Gasteiger partial charge in [-0.05, 0) is 44.9 Å². The molecule has 1 aliphatic heterocycles. The van der Waals surface area contributed by atoms with Crippen LogP contribution in [0.2, 0.25) is 0 Å². The van der Waals surface area contributed by atoms with Gasteiger partial charge in [0.1, 0.15) is 11.8 Å². The number of benzene rings is 1. The van der Waals surface area contributed by atoms with E-state index in [0.29, 0.717) is 5.56 Å². The molecule has 2 heterocycles. The standard InChI is InChI=1S/C21H23N3O4/c1-12-9-17(13(2)23(12)15-5-4-6-16(10-15)28-3)21(27)24(14-7-8-14)18-11-19(25)22-20(18)26/h4-6,9-10,14,18H,7-8,11H2,1-3H3,(H,22,25,26). The number of nitrogens with zero attached hydrogens (tertiary/aromatic N) is 2. The second kappa shape index (κ2) is 6.82. The first-order chi connectivity index (χ1) is 13.4. The van der Waals surface area contributed by atoms with E-state index in [1.807, 2.05) is 48.7 Å². The van der Waals surface area contributed by atoms with Crippen LogP contribution in [0.25, 0.3) is 5.69 Å². The molecule has 7 heteroatoms. The summed E-state index contributed by atoms with van der Waals surface area (Å²) < 4.78 is 7.31. The monoisotopic (exact) mass is 381 g/mol. The Morgan fingerprint density at radius 2 is 1.96 bits per heavy atom. The maximum atomic E-state index is 13.4. The quantitative estimate of drug-likeness (QED) is 0.805. The van der Waals surface area contributed by atoms with Crippen molar-refractivity contribution in [3.63, 3.8) is 0 Å². The molecule has 0 spiro atoms. The fraction of sp³-hybridized carbons (Fsp3) is 0.381. The summed E-state index contributed by atoms with van der Waals surface area (Å²) in [7, 11) is 1.62. The molecule has 146 valence electrons. The molecular weight excluding hydrogens is 358 g/mol. The van der Waals surface area contributed by atoms with Crippen LogP contribution >= 0.6 is 0 Å². The first-order valence-electron chi connectivity index (χ1n) is 9.40. The lowest BCUT2D eigenvalue weighted by Crippen LogP contribution is -2.46. The van der Waals surface area contributed by atoms with Crippen LogP contribution in [-0.4, -0.2) is 46.4 Å². The van der Waals surface area contributed by atoms with Crippen LogP contribution in [0, 0.1) is 13.8 Å². The van der Waals surface area contributed by atoms with Crippen molar-refractivity contribution in [2.75, 3.05) is 7.11 Å². The number of aryl methyl sites for hydroxylation is 1. The molecule has 3 amide bonds. The summed E-state index contributed by atoms with van der Waals surface area (Å²) in [5.41, 5.74) is 3.17. The zero-order valence-electron chi connectivity index (χ0n) is 16.2. The number of amides is 3. The Hall–Kier alpha value is -3.09. The fourth-order valence-corrected chi connectivity index (χ4v) is 3.94. The Balaban J connectivity index is 1.71. The van der Waals surface area contributed by atoms with Gasteiger partial charge in [0.2, 0.25) is 11.8 Å². The molecule has 2 aliphatic rings. The van der Waals surface area contributed by atoms with Gasteiger partial charge in [-0.25, -0.2) is 0 Å². The molecule has 28 heavy (non-hydrogen) atoms. The normalized spacial score (nSPS) is 18.9. The van der Waals surface area contributed by atoms with Gasteiger partial charge >= 0.3 is 0 Å². The number of methoxy groups -OCH3 is 1. The highest BCUT2D eigenvalue weighted by atomic mass is 16.5. The van der Waals surface area contributed by atoms with Crippen LogP contribution in [0.15, 0.2) is 30.3 Å². The Bertz CT molecular complexity index is 974. The molecule has 1 saturated carbocycles. The van der Waals surface area contributed by atoms with Gasteiger partial charge in [-0.1, -0.05) is 6.07 Å². The van der Waals surface area contributed by atoms with Gasteiger partial charge in [-0.3, -0.25) is 19.7 Å². The van der Waals surface area contributed by atoms with Crippen molar-refractivity contribution < 1.29 is 19.1 Å². The Morgan fingerprint density at radius 1 is 1.21 bits per heavy atom. The number of hydrogen-bond acceptors (Lipinski definition) is 4. The zero-order chi connectivity index (χ0) is 20.0. The highest BCUT2D eigenvalue weighted by Gasteiger charge is 2.45. The zero-order valence-corrected chi connectivity index (χ0v) is 16.2. The summed E-state index contributed by atoms with van der Waals surface area (Å²) in [6.45, 7) is 3.83. The van der Waals surface area contributed by atoms with E-state index in [1.165, 1.54) is 0 Å². The van der Waals surface area contributed by atoms with E-state index < -0.39 is 6.04 Å². The average Bonchev–Trinajstić information content (AvgIpc) is 3.38. The Kier molecular flexibility index (Phi) is 4.45. The second-order valence-electron chi connectivity index (χ2n) is 7.40. The second-order valence-corrected chi connectivity index (χ2v) is 7.40. The van der Waals surface area contributed by atoms with Gasteiger partial charge < -0.3 is 14.2 Å². The smallest absolute Gasteiger partial charge is 0.256 e. The predicted octanol–water partition coefficient (Wildman–Crippen LogP) is 2.12. The van der Waals surface area contributed by atoms with Crippen molar-refractivity contribution in [3.8, 4) is 11.4 Å². The van der Waals surface area contributed by atoms with Gasteiger partial charge in [0.05, 0.1) is 19.1 Å². The SMILES string of the molecule is COc1cccc(-n2c(C)cc(C(=O)N(C3CC3)C3CC(=O)NC3=O)c2C)c1. The minimum Gasteiger partial charge on any atom is -0.497 e. The van der Waals surface area contributed by atoms with Crippen molar-refractivity contribution in [1.29, 1.82) is 0 Å². The van der Waals surface area contributed by atoms with Crippen LogP contribution in [0.4, 0.5) is 0 Å². The molecule has 1 aromatic heterocycles. The summed E-state index contributed by atoms with van der Waals surface area (Å²) in [6, 6.07) is 8.80. The van der Waals surface area contributed by atoms with Crippen molar-refractivity contribution >= 4 is 17.7 Å².